The highest BCUT2D eigenvalue weighted by Crippen LogP contribution is 2.26. The summed E-state index contributed by atoms with van der Waals surface area (Å²) in [5.41, 5.74) is 3.51. The first-order chi connectivity index (χ1) is 9.72. The smallest absolute Gasteiger partial charge is 0.125 e. The molecule has 0 unspecified atom stereocenters. The standard InChI is InChI=1S/C15H21N5/c1-11-15(18-10-17-11)9-20-7-3-4-13(8-20)14-5-6-16-12(2)19-14/h5-6,10,13H,3-4,7-9H2,1-2H3,(H,17,18)/t13-/m0/s1. The number of aromatic amines is 1. The van der Waals surface area contributed by atoms with E-state index in [1.54, 1.807) is 6.33 Å². The van der Waals surface area contributed by atoms with E-state index in [1.165, 1.54) is 24.2 Å². The summed E-state index contributed by atoms with van der Waals surface area (Å²) < 4.78 is 0. The zero-order chi connectivity index (χ0) is 13.9. The predicted molar refractivity (Wildman–Crippen MR) is 77.3 cm³/mol. The van der Waals surface area contributed by atoms with E-state index in [0.717, 1.165) is 31.2 Å². The summed E-state index contributed by atoms with van der Waals surface area (Å²) in [5, 5.41) is 0. The summed E-state index contributed by atoms with van der Waals surface area (Å²) in [6.07, 6.45) is 6.08. The lowest BCUT2D eigenvalue weighted by Crippen LogP contribution is -2.34. The summed E-state index contributed by atoms with van der Waals surface area (Å²) in [6.45, 7) is 7.17. The second-order valence-electron chi connectivity index (χ2n) is 5.58. The largest absolute Gasteiger partial charge is 0.348 e. The Labute approximate surface area is 119 Å². The Hall–Kier alpha value is -1.75. The number of rotatable bonds is 3. The molecule has 2 aromatic rings. The molecule has 5 nitrogen and oxygen atoms in total. The Bertz CT molecular complexity index is 577. The Balaban J connectivity index is 1.69. The molecule has 0 amide bonds. The Morgan fingerprint density at radius 1 is 1.35 bits per heavy atom. The van der Waals surface area contributed by atoms with Gasteiger partial charge in [0.25, 0.3) is 0 Å². The minimum absolute atomic E-state index is 0.518. The molecule has 20 heavy (non-hydrogen) atoms. The molecular weight excluding hydrogens is 250 g/mol. The third kappa shape index (κ3) is 2.88. The lowest BCUT2D eigenvalue weighted by atomic mass is 9.94. The molecule has 0 aliphatic carbocycles. The van der Waals surface area contributed by atoms with Gasteiger partial charge in [-0.15, -0.1) is 0 Å². The van der Waals surface area contributed by atoms with E-state index in [0.29, 0.717) is 5.92 Å². The monoisotopic (exact) mass is 271 g/mol. The van der Waals surface area contributed by atoms with Crippen LogP contribution in [0.25, 0.3) is 0 Å². The van der Waals surface area contributed by atoms with E-state index >= 15 is 0 Å². The molecule has 1 saturated heterocycles. The number of imidazole rings is 1. The van der Waals surface area contributed by atoms with Crippen LogP contribution in [-0.2, 0) is 6.54 Å². The van der Waals surface area contributed by atoms with Crippen molar-refractivity contribution in [1.82, 2.24) is 24.8 Å². The van der Waals surface area contributed by atoms with Crippen LogP contribution in [0.5, 0.6) is 0 Å². The molecule has 1 aliphatic heterocycles. The fourth-order valence-corrected chi connectivity index (χ4v) is 2.90. The molecule has 2 aromatic heterocycles. The van der Waals surface area contributed by atoms with Crippen molar-refractivity contribution in [3.63, 3.8) is 0 Å². The molecule has 5 heteroatoms. The highest BCUT2D eigenvalue weighted by atomic mass is 15.1. The minimum atomic E-state index is 0.518. The number of likely N-dealkylation sites (tertiary alicyclic amines) is 1. The molecule has 0 aromatic carbocycles. The van der Waals surface area contributed by atoms with Crippen LogP contribution in [0, 0.1) is 13.8 Å². The number of hydrogen-bond acceptors (Lipinski definition) is 4. The number of H-pyrrole nitrogens is 1. The average molecular weight is 271 g/mol. The van der Waals surface area contributed by atoms with Crippen molar-refractivity contribution in [2.24, 2.45) is 0 Å². The van der Waals surface area contributed by atoms with Gasteiger partial charge in [0.15, 0.2) is 0 Å². The van der Waals surface area contributed by atoms with Gasteiger partial charge in [-0.3, -0.25) is 4.90 Å². The molecule has 1 fully saturated rings. The summed E-state index contributed by atoms with van der Waals surface area (Å²) >= 11 is 0. The zero-order valence-corrected chi connectivity index (χ0v) is 12.1. The van der Waals surface area contributed by atoms with Crippen molar-refractivity contribution in [1.29, 1.82) is 0 Å². The van der Waals surface area contributed by atoms with E-state index in [1.807, 2.05) is 13.1 Å². The molecule has 0 bridgehead atoms. The Morgan fingerprint density at radius 3 is 3.00 bits per heavy atom. The predicted octanol–water partition coefficient (Wildman–Crippen LogP) is 2.20. The van der Waals surface area contributed by atoms with Crippen molar-refractivity contribution in [3.8, 4) is 0 Å². The average Bonchev–Trinajstić information content (AvgIpc) is 2.85. The first-order valence-corrected chi connectivity index (χ1v) is 7.23. The minimum Gasteiger partial charge on any atom is -0.348 e. The van der Waals surface area contributed by atoms with Crippen LogP contribution in [0.1, 0.15) is 41.7 Å². The summed E-state index contributed by atoms with van der Waals surface area (Å²) in [6, 6.07) is 2.06. The number of aromatic nitrogens is 4. The van der Waals surface area contributed by atoms with Gasteiger partial charge < -0.3 is 4.98 Å². The van der Waals surface area contributed by atoms with Crippen molar-refractivity contribution >= 4 is 0 Å². The molecule has 3 rings (SSSR count). The first-order valence-electron chi connectivity index (χ1n) is 7.23. The van der Waals surface area contributed by atoms with Gasteiger partial charge in [0, 0.05) is 36.6 Å². The van der Waals surface area contributed by atoms with Gasteiger partial charge in [0.05, 0.1) is 12.0 Å². The fourth-order valence-electron chi connectivity index (χ4n) is 2.90. The third-order valence-electron chi connectivity index (χ3n) is 4.03. The SMILES string of the molecule is Cc1nccc([C@H]2CCCN(Cc3nc[nH]c3C)C2)n1. The second kappa shape index (κ2) is 5.71. The van der Waals surface area contributed by atoms with Crippen LogP contribution in [0.3, 0.4) is 0 Å². The fraction of sp³-hybridized carbons (Fsp3) is 0.533. The van der Waals surface area contributed by atoms with E-state index in [2.05, 4.69) is 37.8 Å². The first kappa shape index (κ1) is 13.2. The van der Waals surface area contributed by atoms with Gasteiger partial charge in [-0.05, 0) is 39.3 Å². The lowest BCUT2D eigenvalue weighted by molar-refractivity contribution is 0.196. The molecule has 0 radical (unpaired) electrons. The normalized spacial score (nSPS) is 20.2. The maximum Gasteiger partial charge on any atom is 0.125 e. The third-order valence-corrected chi connectivity index (χ3v) is 4.03. The second-order valence-corrected chi connectivity index (χ2v) is 5.58. The molecule has 1 N–H and O–H groups in total. The van der Waals surface area contributed by atoms with Gasteiger partial charge in [-0.2, -0.15) is 0 Å². The highest BCUT2D eigenvalue weighted by molar-refractivity contribution is 5.12. The Kier molecular flexibility index (Phi) is 3.78. The van der Waals surface area contributed by atoms with E-state index < -0.39 is 0 Å². The van der Waals surface area contributed by atoms with Gasteiger partial charge in [0.1, 0.15) is 5.82 Å². The highest BCUT2D eigenvalue weighted by Gasteiger charge is 2.23. The van der Waals surface area contributed by atoms with Crippen molar-refractivity contribution in [3.05, 3.63) is 41.5 Å². The summed E-state index contributed by atoms with van der Waals surface area (Å²) in [7, 11) is 0. The maximum atomic E-state index is 4.59. The van der Waals surface area contributed by atoms with Crippen molar-refractivity contribution in [2.75, 3.05) is 13.1 Å². The van der Waals surface area contributed by atoms with Gasteiger partial charge >= 0.3 is 0 Å². The molecule has 1 aliphatic rings. The van der Waals surface area contributed by atoms with Crippen molar-refractivity contribution < 1.29 is 0 Å². The number of hydrogen-bond donors (Lipinski definition) is 1. The van der Waals surface area contributed by atoms with Gasteiger partial charge in [0.2, 0.25) is 0 Å². The molecule has 1 atom stereocenters. The summed E-state index contributed by atoms with van der Waals surface area (Å²) in [5.74, 6) is 1.38. The summed E-state index contributed by atoms with van der Waals surface area (Å²) in [4.78, 5) is 18.8. The van der Waals surface area contributed by atoms with Crippen LogP contribution in [0.4, 0.5) is 0 Å². The van der Waals surface area contributed by atoms with Crippen LogP contribution in [-0.4, -0.2) is 37.9 Å². The van der Waals surface area contributed by atoms with Crippen LogP contribution >= 0.6 is 0 Å². The number of nitrogens with zero attached hydrogens (tertiary/aromatic N) is 4. The number of aryl methyl sites for hydroxylation is 2. The number of nitrogens with one attached hydrogen (secondary N) is 1. The van der Waals surface area contributed by atoms with E-state index in [-0.39, 0.29) is 0 Å². The number of piperidine rings is 1. The van der Waals surface area contributed by atoms with Gasteiger partial charge in [-0.1, -0.05) is 0 Å². The molecule has 0 saturated carbocycles. The van der Waals surface area contributed by atoms with E-state index in [4.69, 9.17) is 0 Å². The maximum absolute atomic E-state index is 4.59. The van der Waals surface area contributed by atoms with E-state index in [9.17, 15) is 0 Å². The molecule has 106 valence electrons. The quantitative estimate of drug-likeness (QED) is 0.929. The topological polar surface area (TPSA) is 57.7 Å². The zero-order valence-electron chi connectivity index (χ0n) is 12.1. The molecular formula is C15H21N5. The molecule has 3 heterocycles. The van der Waals surface area contributed by atoms with Gasteiger partial charge in [-0.25, -0.2) is 15.0 Å². The van der Waals surface area contributed by atoms with Crippen LogP contribution in [0.15, 0.2) is 18.6 Å². The molecule has 0 spiro atoms. The lowest BCUT2D eigenvalue weighted by Gasteiger charge is -2.32. The van der Waals surface area contributed by atoms with Crippen molar-refractivity contribution in [2.45, 2.75) is 39.2 Å². The van der Waals surface area contributed by atoms with Crippen LogP contribution < -0.4 is 0 Å². The van der Waals surface area contributed by atoms with Crippen LogP contribution in [0.2, 0.25) is 0 Å². The Morgan fingerprint density at radius 2 is 2.25 bits per heavy atom.